The van der Waals surface area contributed by atoms with E-state index < -0.39 is 10.0 Å². The Labute approximate surface area is 128 Å². The quantitative estimate of drug-likeness (QED) is 0.872. The van der Waals surface area contributed by atoms with Crippen molar-refractivity contribution in [1.82, 2.24) is 14.2 Å². The van der Waals surface area contributed by atoms with Crippen LogP contribution in [0, 0.1) is 11.8 Å². The zero-order valence-corrected chi connectivity index (χ0v) is 14.3. The van der Waals surface area contributed by atoms with Gasteiger partial charge in [-0.1, -0.05) is 13.8 Å². The summed E-state index contributed by atoms with van der Waals surface area (Å²) < 4.78 is 29.2. The van der Waals surface area contributed by atoms with Crippen molar-refractivity contribution in [2.45, 2.75) is 45.2 Å². The van der Waals surface area contributed by atoms with Gasteiger partial charge < -0.3 is 9.88 Å². The number of aryl methyl sites for hydroxylation is 1. The third-order valence-corrected chi connectivity index (χ3v) is 6.26. The fourth-order valence-electron chi connectivity index (χ4n) is 2.96. The summed E-state index contributed by atoms with van der Waals surface area (Å²) in [5, 5.41) is 3.09. The van der Waals surface area contributed by atoms with Crippen LogP contribution in [-0.2, 0) is 23.1 Å². The summed E-state index contributed by atoms with van der Waals surface area (Å²) in [6.07, 6.45) is 2.74. The van der Waals surface area contributed by atoms with Crippen molar-refractivity contribution in [3.05, 3.63) is 18.0 Å². The Hall–Kier alpha value is -0.850. The van der Waals surface area contributed by atoms with Crippen molar-refractivity contribution < 1.29 is 8.42 Å². The molecule has 5 nitrogen and oxygen atoms in total. The van der Waals surface area contributed by atoms with Crippen LogP contribution in [0.5, 0.6) is 0 Å². The highest BCUT2D eigenvalue weighted by Gasteiger charge is 2.34. The smallest absolute Gasteiger partial charge is 0.244 e. The Bertz CT molecular complexity index is 578. The number of nitrogens with one attached hydrogen (secondary N) is 1. The molecule has 1 aliphatic rings. The first kappa shape index (κ1) is 16.5. The summed E-state index contributed by atoms with van der Waals surface area (Å²) in [6.45, 7) is 9.11. The van der Waals surface area contributed by atoms with Gasteiger partial charge in [-0.2, -0.15) is 4.31 Å². The average molecular weight is 313 g/mol. The molecule has 1 atom stereocenters. The molecule has 1 aliphatic heterocycles. The van der Waals surface area contributed by atoms with Crippen molar-refractivity contribution in [3.8, 4) is 0 Å². The molecule has 6 heteroatoms. The largest absolute Gasteiger partial charge is 0.349 e. The van der Waals surface area contributed by atoms with E-state index in [0.717, 1.165) is 18.7 Å². The molecular weight excluding hydrogens is 286 g/mol. The zero-order valence-electron chi connectivity index (χ0n) is 13.5. The van der Waals surface area contributed by atoms with Gasteiger partial charge in [0, 0.05) is 38.1 Å². The van der Waals surface area contributed by atoms with Gasteiger partial charge in [0.2, 0.25) is 10.0 Å². The zero-order chi connectivity index (χ0) is 15.6. The SMILES string of the molecule is CCn1cc(S(=O)(=O)N2CCC(C(C)C)C2)cc1CNC. The number of hydrogen-bond acceptors (Lipinski definition) is 3. The first-order valence-electron chi connectivity index (χ1n) is 7.74. The second-order valence-electron chi connectivity index (χ2n) is 6.14. The summed E-state index contributed by atoms with van der Waals surface area (Å²) in [4.78, 5) is 0.430. The molecule has 21 heavy (non-hydrogen) atoms. The topological polar surface area (TPSA) is 54.3 Å². The van der Waals surface area contributed by atoms with Gasteiger partial charge in [0.1, 0.15) is 4.90 Å². The van der Waals surface area contributed by atoms with Gasteiger partial charge in [0.05, 0.1) is 0 Å². The van der Waals surface area contributed by atoms with Gasteiger partial charge in [-0.25, -0.2) is 8.42 Å². The van der Waals surface area contributed by atoms with Gasteiger partial charge in [0.15, 0.2) is 0 Å². The molecule has 0 amide bonds. The van der Waals surface area contributed by atoms with Crippen molar-refractivity contribution in [3.63, 3.8) is 0 Å². The Morgan fingerprint density at radius 1 is 1.43 bits per heavy atom. The molecule has 0 bridgehead atoms. The molecule has 0 spiro atoms. The van der Waals surface area contributed by atoms with Crippen LogP contribution in [0.3, 0.4) is 0 Å². The fourth-order valence-corrected chi connectivity index (χ4v) is 4.53. The Balaban J connectivity index is 2.24. The molecule has 1 aromatic rings. The lowest BCUT2D eigenvalue weighted by Crippen LogP contribution is -2.29. The summed E-state index contributed by atoms with van der Waals surface area (Å²) in [5.41, 5.74) is 1.01. The molecule has 1 aromatic heterocycles. The van der Waals surface area contributed by atoms with E-state index in [1.54, 1.807) is 16.6 Å². The molecule has 1 unspecified atom stereocenters. The van der Waals surface area contributed by atoms with E-state index in [1.807, 2.05) is 18.5 Å². The van der Waals surface area contributed by atoms with E-state index in [2.05, 4.69) is 19.2 Å². The Morgan fingerprint density at radius 2 is 2.14 bits per heavy atom. The Morgan fingerprint density at radius 3 is 2.67 bits per heavy atom. The minimum Gasteiger partial charge on any atom is -0.349 e. The van der Waals surface area contributed by atoms with E-state index in [9.17, 15) is 8.42 Å². The molecule has 2 rings (SSSR count). The van der Waals surface area contributed by atoms with Crippen LogP contribution in [0.2, 0.25) is 0 Å². The number of nitrogens with zero attached hydrogens (tertiary/aromatic N) is 2. The summed E-state index contributed by atoms with van der Waals surface area (Å²) >= 11 is 0. The van der Waals surface area contributed by atoms with Crippen LogP contribution in [0.1, 0.15) is 32.9 Å². The van der Waals surface area contributed by atoms with Crippen LogP contribution >= 0.6 is 0 Å². The second kappa shape index (κ2) is 6.50. The van der Waals surface area contributed by atoms with Crippen molar-refractivity contribution in [2.75, 3.05) is 20.1 Å². The molecule has 2 heterocycles. The normalized spacial score (nSPS) is 20.5. The second-order valence-corrected chi connectivity index (χ2v) is 8.08. The fraction of sp³-hybridized carbons (Fsp3) is 0.733. The van der Waals surface area contributed by atoms with Gasteiger partial charge in [-0.3, -0.25) is 0 Å². The molecule has 1 saturated heterocycles. The van der Waals surface area contributed by atoms with E-state index in [4.69, 9.17) is 0 Å². The Kier molecular flexibility index (Phi) is 5.11. The predicted molar refractivity (Wildman–Crippen MR) is 84.6 cm³/mol. The van der Waals surface area contributed by atoms with Crippen molar-refractivity contribution in [2.24, 2.45) is 11.8 Å². The molecule has 1 fully saturated rings. The number of sulfonamides is 1. The van der Waals surface area contributed by atoms with Crippen molar-refractivity contribution >= 4 is 10.0 Å². The summed E-state index contributed by atoms with van der Waals surface area (Å²) in [6, 6.07) is 1.80. The molecule has 120 valence electrons. The van der Waals surface area contributed by atoms with Crippen molar-refractivity contribution in [1.29, 1.82) is 0 Å². The molecule has 0 aliphatic carbocycles. The van der Waals surface area contributed by atoms with Gasteiger partial charge in [-0.05, 0) is 38.3 Å². The van der Waals surface area contributed by atoms with E-state index >= 15 is 0 Å². The standard InChI is InChI=1S/C15H27N3O2S/c1-5-17-11-15(8-14(17)9-16-4)21(19,20)18-7-6-13(10-18)12(2)3/h8,11-13,16H,5-7,9-10H2,1-4H3. The lowest BCUT2D eigenvalue weighted by molar-refractivity contribution is 0.388. The molecule has 1 N–H and O–H groups in total. The highest BCUT2D eigenvalue weighted by molar-refractivity contribution is 7.89. The maximum Gasteiger partial charge on any atom is 0.244 e. The maximum absolute atomic E-state index is 12.8. The molecular formula is C15H27N3O2S. The molecule has 0 saturated carbocycles. The van der Waals surface area contributed by atoms with E-state index in [-0.39, 0.29) is 0 Å². The average Bonchev–Trinajstić information content (AvgIpc) is 3.06. The van der Waals surface area contributed by atoms with Gasteiger partial charge in [0.25, 0.3) is 0 Å². The first-order valence-corrected chi connectivity index (χ1v) is 9.18. The number of rotatable bonds is 6. The third-order valence-electron chi connectivity index (χ3n) is 4.43. The lowest BCUT2D eigenvalue weighted by Gasteiger charge is -2.17. The van der Waals surface area contributed by atoms with Crippen LogP contribution in [0.25, 0.3) is 0 Å². The highest BCUT2D eigenvalue weighted by atomic mass is 32.2. The highest BCUT2D eigenvalue weighted by Crippen LogP contribution is 2.29. The minimum absolute atomic E-state index is 0.430. The van der Waals surface area contributed by atoms with Gasteiger partial charge >= 0.3 is 0 Å². The van der Waals surface area contributed by atoms with Crippen LogP contribution < -0.4 is 5.32 Å². The number of aromatic nitrogens is 1. The lowest BCUT2D eigenvalue weighted by atomic mass is 9.96. The molecule has 0 radical (unpaired) electrons. The predicted octanol–water partition coefficient (Wildman–Crippen LogP) is 1.89. The van der Waals surface area contributed by atoms with E-state index in [1.165, 1.54) is 0 Å². The first-order chi connectivity index (χ1) is 9.90. The van der Waals surface area contributed by atoms with Gasteiger partial charge in [-0.15, -0.1) is 0 Å². The van der Waals surface area contributed by atoms with E-state index in [0.29, 0.717) is 36.4 Å². The minimum atomic E-state index is -3.35. The summed E-state index contributed by atoms with van der Waals surface area (Å²) in [7, 11) is -1.48. The number of hydrogen-bond donors (Lipinski definition) is 1. The molecule has 0 aromatic carbocycles. The third kappa shape index (κ3) is 3.33. The van der Waals surface area contributed by atoms with Crippen LogP contribution in [0.4, 0.5) is 0 Å². The maximum atomic E-state index is 12.8. The monoisotopic (exact) mass is 313 g/mol. The van der Waals surface area contributed by atoms with Crippen LogP contribution in [-0.4, -0.2) is 37.4 Å². The summed E-state index contributed by atoms with van der Waals surface area (Å²) in [5.74, 6) is 1.01. The van der Waals surface area contributed by atoms with Crippen LogP contribution in [0.15, 0.2) is 17.2 Å².